The average molecular weight is 344 g/mol. The van der Waals surface area contributed by atoms with E-state index in [4.69, 9.17) is 14.2 Å². The van der Waals surface area contributed by atoms with Gasteiger partial charge in [0.05, 0.1) is 0 Å². The molecule has 0 bridgehead atoms. The van der Waals surface area contributed by atoms with Gasteiger partial charge in [-0.1, -0.05) is 0 Å². The van der Waals surface area contributed by atoms with Gasteiger partial charge in [0.15, 0.2) is 0 Å². The first-order chi connectivity index (χ1) is 12.4. The summed E-state index contributed by atoms with van der Waals surface area (Å²) in [6.45, 7) is 3.42. The van der Waals surface area contributed by atoms with E-state index in [9.17, 15) is 0 Å². The molecule has 2 atom stereocenters. The average Bonchev–Trinajstić information content (AvgIpc) is 3.32. The van der Waals surface area contributed by atoms with Crippen LogP contribution in [-0.4, -0.2) is 58.3 Å². The van der Waals surface area contributed by atoms with Crippen LogP contribution in [0.5, 0.6) is 23.5 Å². The van der Waals surface area contributed by atoms with Gasteiger partial charge in [-0.3, -0.25) is 0 Å². The van der Waals surface area contributed by atoms with Gasteiger partial charge in [-0.05, 0) is 25.9 Å². The van der Waals surface area contributed by atoms with Crippen LogP contribution >= 0.6 is 0 Å². The monoisotopic (exact) mass is 344 g/mol. The van der Waals surface area contributed by atoms with E-state index in [-0.39, 0.29) is 24.0 Å². The zero-order chi connectivity index (χ0) is 16.9. The molecule has 2 unspecified atom stereocenters. The molecule has 25 heavy (non-hydrogen) atoms. The predicted octanol–water partition coefficient (Wildman–Crippen LogP) is 0.540. The maximum absolute atomic E-state index is 5.89. The van der Waals surface area contributed by atoms with Crippen LogP contribution in [0.2, 0.25) is 0 Å². The lowest BCUT2D eigenvalue weighted by Gasteiger charge is -2.16. The van der Waals surface area contributed by atoms with Crippen LogP contribution in [0.25, 0.3) is 0 Å². The Hall–Kier alpha value is -2.52. The third-order valence-electron chi connectivity index (χ3n) is 4.05. The fourth-order valence-electron chi connectivity index (χ4n) is 2.79. The van der Waals surface area contributed by atoms with Gasteiger partial charge < -0.3 is 24.8 Å². The summed E-state index contributed by atoms with van der Waals surface area (Å²) in [5, 5.41) is 6.50. The van der Waals surface area contributed by atoms with Crippen LogP contribution in [0.1, 0.15) is 12.8 Å². The predicted molar refractivity (Wildman–Crippen MR) is 87.9 cm³/mol. The van der Waals surface area contributed by atoms with Gasteiger partial charge in [0, 0.05) is 37.9 Å². The standard InChI is InChI=1S/C16H20N6O3/c1-3-17-9-11(1)23-13-15(21-7-5-19-13)25-16-14(20-6-8-22-16)24-12-2-4-18-10-12/h5-8,11-12,17-18H,1-4,9-10H2. The van der Waals surface area contributed by atoms with Crippen molar-refractivity contribution in [3.63, 3.8) is 0 Å². The van der Waals surface area contributed by atoms with Crippen molar-refractivity contribution in [2.45, 2.75) is 25.0 Å². The van der Waals surface area contributed by atoms with Crippen molar-refractivity contribution in [2.75, 3.05) is 26.2 Å². The highest BCUT2D eigenvalue weighted by Crippen LogP contribution is 2.31. The molecule has 0 amide bonds. The van der Waals surface area contributed by atoms with E-state index in [0.29, 0.717) is 11.8 Å². The molecule has 9 heteroatoms. The van der Waals surface area contributed by atoms with Crippen molar-refractivity contribution in [1.82, 2.24) is 30.6 Å². The summed E-state index contributed by atoms with van der Waals surface area (Å²) in [5.41, 5.74) is 0. The first-order valence-corrected chi connectivity index (χ1v) is 8.43. The minimum Gasteiger partial charge on any atom is -0.469 e. The minimum absolute atomic E-state index is 0.0567. The normalized spacial score (nSPS) is 22.7. The van der Waals surface area contributed by atoms with Gasteiger partial charge in [-0.25, -0.2) is 19.9 Å². The number of hydrogen-bond acceptors (Lipinski definition) is 9. The van der Waals surface area contributed by atoms with Crippen molar-refractivity contribution in [2.24, 2.45) is 0 Å². The minimum atomic E-state index is 0.0567. The summed E-state index contributed by atoms with van der Waals surface area (Å²) in [4.78, 5) is 16.9. The van der Waals surface area contributed by atoms with Crippen molar-refractivity contribution in [3.8, 4) is 23.5 Å². The number of nitrogens with one attached hydrogen (secondary N) is 2. The molecule has 2 aromatic rings. The lowest BCUT2D eigenvalue weighted by Crippen LogP contribution is -2.21. The van der Waals surface area contributed by atoms with E-state index in [2.05, 4.69) is 30.6 Å². The van der Waals surface area contributed by atoms with Gasteiger partial charge in [-0.2, -0.15) is 0 Å². The molecular weight excluding hydrogens is 324 g/mol. The molecule has 2 aromatic heterocycles. The summed E-state index contributed by atoms with van der Waals surface area (Å²) in [6, 6.07) is 0. The number of hydrogen-bond donors (Lipinski definition) is 2. The molecule has 0 radical (unpaired) electrons. The van der Waals surface area contributed by atoms with Crippen LogP contribution in [-0.2, 0) is 0 Å². The summed E-state index contributed by atoms with van der Waals surface area (Å²) in [7, 11) is 0. The Bertz CT molecular complexity index is 644. The van der Waals surface area contributed by atoms with Crippen molar-refractivity contribution in [3.05, 3.63) is 24.8 Å². The topological polar surface area (TPSA) is 103 Å². The van der Waals surface area contributed by atoms with E-state index in [1.165, 1.54) is 0 Å². The second-order valence-electron chi connectivity index (χ2n) is 5.90. The molecule has 4 rings (SSSR count). The molecule has 132 valence electrons. The fraction of sp³-hybridized carbons (Fsp3) is 0.500. The van der Waals surface area contributed by atoms with Crippen LogP contribution < -0.4 is 24.8 Å². The van der Waals surface area contributed by atoms with Gasteiger partial charge >= 0.3 is 0 Å². The smallest absolute Gasteiger partial charge is 0.285 e. The van der Waals surface area contributed by atoms with Gasteiger partial charge in [-0.15, -0.1) is 0 Å². The molecule has 0 spiro atoms. The number of aromatic nitrogens is 4. The molecule has 9 nitrogen and oxygen atoms in total. The molecular formula is C16H20N6O3. The largest absolute Gasteiger partial charge is 0.469 e. The lowest BCUT2D eigenvalue weighted by molar-refractivity contribution is 0.193. The molecule has 2 saturated heterocycles. The van der Waals surface area contributed by atoms with Crippen LogP contribution in [0.3, 0.4) is 0 Å². The molecule has 0 saturated carbocycles. The second-order valence-corrected chi connectivity index (χ2v) is 5.90. The number of rotatable bonds is 6. The molecule has 2 aliphatic rings. The maximum atomic E-state index is 5.89. The first kappa shape index (κ1) is 16.0. The fourth-order valence-corrected chi connectivity index (χ4v) is 2.79. The first-order valence-electron chi connectivity index (χ1n) is 8.43. The van der Waals surface area contributed by atoms with Crippen LogP contribution in [0.4, 0.5) is 0 Å². The Kier molecular flexibility index (Phi) is 4.84. The molecule has 0 aromatic carbocycles. The summed E-state index contributed by atoms with van der Waals surface area (Å²) >= 11 is 0. The molecule has 2 fully saturated rings. The third-order valence-corrected chi connectivity index (χ3v) is 4.05. The van der Waals surface area contributed by atoms with Crippen LogP contribution in [0.15, 0.2) is 24.8 Å². The second kappa shape index (κ2) is 7.58. The Morgan fingerprint density at radius 3 is 1.52 bits per heavy atom. The zero-order valence-corrected chi connectivity index (χ0v) is 13.7. The Balaban J connectivity index is 1.52. The Morgan fingerprint density at radius 2 is 1.12 bits per heavy atom. The van der Waals surface area contributed by atoms with E-state index >= 15 is 0 Å². The van der Waals surface area contributed by atoms with E-state index in [1.54, 1.807) is 24.8 Å². The SMILES string of the molecule is c1cnc(OC2CCNC2)c(Oc2nccnc2OC2CCNC2)n1. The van der Waals surface area contributed by atoms with E-state index < -0.39 is 0 Å². The van der Waals surface area contributed by atoms with Crippen molar-refractivity contribution >= 4 is 0 Å². The molecule has 2 aliphatic heterocycles. The van der Waals surface area contributed by atoms with Crippen LogP contribution in [0, 0.1) is 0 Å². The Labute approximate surface area is 145 Å². The summed E-state index contributed by atoms with van der Waals surface area (Å²) < 4.78 is 17.6. The highest BCUT2D eigenvalue weighted by molar-refractivity contribution is 5.33. The highest BCUT2D eigenvalue weighted by atomic mass is 16.6. The lowest BCUT2D eigenvalue weighted by atomic mass is 10.3. The van der Waals surface area contributed by atoms with Gasteiger partial charge in [0.25, 0.3) is 23.5 Å². The molecule has 2 N–H and O–H groups in total. The third kappa shape index (κ3) is 3.94. The Morgan fingerprint density at radius 1 is 0.680 bits per heavy atom. The van der Waals surface area contributed by atoms with Crippen molar-refractivity contribution < 1.29 is 14.2 Å². The van der Waals surface area contributed by atoms with E-state index in [0.717, 1.165) is 39.0 Å². The van der Waals surface area contributed by atoms with Crippen molar-refractivity contribution in [1.29, 1.82) is 0 Å². The quantitative estimate of drug-likeness (QED) is 0.777. The molecule has 4 heterocycles. The highest BCUT2D eigenvalue weighted by Gasteiger charge is 2.23. The van der Waals surface area contributed by atoms with E-state index in [1.807, 2.05) is 0 Å². The number of nitrogens with zero attached hydrogens (tertiary/aromatic N) is 4. The zero-order valence-electron chi connectivity index (χ0n) is 13.7. The number of ether oxygens (including phenoxy) is 3. The summed E-state index contributed by atoms with van der Waals surface area (Å²) in [6.07, 6.45) is 8.20. The van der Waals surface area contributed by atoms with Gasteiger partial charge in [0.2, 0.25) is 0 Å². The molecule has 0 aliphatic carbocycles. The summed E-state index contributed by atoms with van der Waals surface area (Å²) in [5.74, 6) is 1.19. The van der Waals surface area contributed by atoms with Gasteiger partial charge in [0.1, 0.15) is 12.2 Å². The maximum Gasteiger partial charge on any atom is 0.285 e.